The number of carbonyl (C=O) groups excluding carboxylic acids is 2. The van der Waals surface area contributed by atoms with Crippen molar-refractivity contribution in [1.29, 1.82) is 0 Å². The van der Waals surface area contributed by atoms with Gasteiger partial charge in [0.2, 0.25) is 0 Å². The van der Waals surface area contributed by atoms with E-state index in [2.05, 4.69) is 49.0 Å². The van der Waals surface area contributed by atoms with E-state index in [1.165, 1.54) is 62.0 Å². The van der Waals surface area contributed by atoms with Gasteiger partial charge in [-0.3, -0.25) is 9.59 Å². The van der Waals surface area contributed by atoms with Crippen LogP contribution in [-0.4, -0.2) is 40.8 Å². The van der Waals surface area contributed by atoms with E-state index in [-0.39, 0.29) is 10.2 Å². The van der Waals surface area contributed by atoms with Crippen molar-refractivity contribution in [3.8, 4) is 0 Å². The lowest BCUT2D eigenvalue weighted by molar-refractivity contribution is 0.106. The molecule has 45 heavy (non-hydrogen) atoms. The van der Waals surface area contributed by atoms with E-state index in [1.807, 2.05) is 36.4 Å². The normalized spacial score (nSPS) is 13.1. The van der Waals surface area contributed by atoms with Crippen LogP contribution >= 0.6 is 23.5 Å². The molecule has 2 aromatic carbocycles. The molecule has 0 aliphatic carbocycles. The van der Waals surface area contributed by atoms with Crippen molar-refractivity contribution in [2.45, 2.75) is 111 Å². The SMILES string of the molecule is CCCCC(CC)Cn1c(C(=O)SCCCCCSC(=O)c2nc3ccccc3n2CC(CC)CCCC)nc2ccccc21. The van der Waals surface area contributed by atoms with Crippen molar-refractivity contribution in [1.82, 2.24) is 19.1 Å². The van der Waals surface area contributed by atoms with Gasteiger partial charge in [-0.25, -0.2) is 9.97 Å². The Morgan fingerprint density at radius 1 is 0.622 bits per heavy atom. The van der Waals surface area contributed by atoms with Gasteiger partial charge >= 0.3 is 0 Å². The third kappa shape index (κ3) is 9.71. The summed E-state index contributed by atoms with van der Waals surface area (Å²) < 4.78 is 4.33. The Hall–Kier alpha value is -2.58. The highest BCUT2D eigenvalue weighted by molar-refractivity contribution is 8.14. The van der Waals surface area contributed by atoms with E-state index in [9.17, 15) is 9.59 Å². The molecule has 244 valence electrons. The summed E-state index contributed by atoms with van der Waals surface area (Å²) >= 11 is 2.76. The Labute approximate surface area is 278 Å². The summed E-state index contributed by atoms with van der Waals surface area (Å²) in [6.45, 7) is 10.6. The van der Waals surface area contributed by atoms with Crippen LogP contribution in [0.3, 0.4) is 0 Å². The molecule has 0 aliphatic heterocycles. The summed E-state index contributed by atoms with van der Waals surface area (Å²) in [4.78, 5) is 36.2. The standard InChI is InChI=1S/C37H52N4O2S2/c1-5-9-18-28(7-3)26-40-32-22-14-12-20-30(32)38-34(40)36(42)44-24-16-11-17-25-45-37(43)35-39-31-21-13-15-23-33(31)41(35)27-29(8-4)19-10-6-2/h12-15,20-23,28-29H,5-11,16-19,24-27H2,1-4H3. The van der Waals surface area contributed by atoms with Crippen molar-refractivity contribution in [3.63, 3.8) is 0 Å². The molecule has 4 aromatic rings. The molecular formula is C37H52N4O2S2. The second-order valence-corrected chi connectivity index (χ2v) is 14.4. The molecule has 0 amide bonds. The van der Waals surface area contributed by atoms with Crippen molar-refractivity contribution < 1.29 is 9.59 Å². The Balaban J connectivity index is 1.27. The summed E-state index contributed by atoms with van der Waals surface area (Å²) in [6, 6.07) is 16.2. The molecule has 0 radical (unpaired) electrons. The molecule has 2 heterocycles. The maximum Gasteiger partial charge on any atom is 0.254 e. The van der Waals surface area contributed by atoms with Crippen LogP contribution < -0.4 is 0 Å². The first-order chi connectivity index (χ1) is 22.0. The Kier molecular flexibility index (Phi) is 14.5. The molecule has 6 nitrogen and oxygen atoms in total. The van der Waals surface area contributed by atoms with Gasteiger partial charge in [-0.1, -0.05) is 120 Å². The van der Waals surface area contributed by atoms with Gasteiger partial charge in [0.15, 0.2) is 11.6 Å². The highest BCUT2D eigenvalue weighted by Crippen LogP contribution is 2.27. The highest BCUT2D eigenvalue weighted by Gasteiger charge is 2.22. The van der Waals surface area contributed by atoms with Crippen molar-refractivity contribution in [2.24, 2.45) is 11.8 Å². The fourth-order valence-electron chi connectivity index (χ4n) is 6.02. The second kappa shape index (κ2) is 18.5. The third-order valence-corrected chi connectivity index (χ3v) is 10.8. The van der Waals surface area contributed by atoms with Crippen molar-refractivity contribution in [2.75, 3.05) is 11.5 Å². The van der Waals surface area contributed by atoms with Crippen LogP contribution in [0.25, 0.3) is 22.1 Å². The summed E-state index contributed by atoms with van der Waals surface area (Å²) in [5.74, 6) is 3.79. The van der Waals surface area contributed by atoms with Crippen LogP contribution in [0.4, 0.5) is 0 Å². The Morgan fingerprint density at radius 3 is 1.44 bits per heavy atom. The summed E-state index contributed by atoms with van der Waals surface area (Å²) in [7, 11) is 0. The number of unbranched alkanes of at least 4 members (excludes halogenated alkanes) is 4. The molecule has 0 saturated carbocycles. The molecule has 2 unspecified atom stereocenters. The quantitative estimate of drug-likeness (QED) is 0.0888. The number of carbonyl (C=O) groups is 2. The maximum absolute atomic E-state index is 13.3. The van der Waals surface area contributed by atoms with E-state index >= 15 is 0 Å². The Bertz CT molecular complexity index is 1400. The minimum atomic E-state index is 0.0596. The molecule has 0 N–H and O–H groups in total. The van der Waals surface area contributed by atoms with Gasteiger partial charge in [0.1, 0.15) is 0 Å². The van der Waals surface area contributed by atoms with Crippen molar-refractivity contribution >= 4 is 55.8 Å². The summed E-state index contributed by atoms with van der Waals surface area (Å²) in [6.07, 6.45) is 12.2. The first-order valence-electron chi connectivity index (χ1n) is 17.2. The average molecular weight is 649 g/mol. The van der Waals surface area contributed by atoms with E-state index < -0.39 is 0 Å². The molecular weight excluding hydrogens is 597 g/mol. The number of rotatable bonds is 20. The average Bonchev–Trinajstić information content (AvgIpc) is 3.62. The molecule has 2 aromatic heterocycles. The van der Waals surface area contributed by atoms with Gasteiger partial charge in [0.25, 0.3) is 10.2 Å². The molecule has 0 saturated heterocycles. The molecule has 0 aliphatic rings. The first kappa shape index (κ1) is 35.3. The van der Waals surface area contributed by atoms with Crippen LogP contribution in [0, 0.1) is 11.8 Å². The molecule has 0 bridgehead atoms. The number of thioether (sulfide) groups is 2. The molecule has 0 spiro atoms. The number of benzene rings is 2. The lowest BCUT2D eigenvalue weighted by Crippen LogP contribution is -2.15. The zero-order valence-corrected chi connectivity index (χ0v) is 29.4. The van der Waals surface area contributed by atoms with Crippen LogP contribution in [0.2, 0.25) is 0 Å². The van der Waals surface area contributed by atoms with Gasteiger partial charge in [-0.05, 0) is 61.8 Å². The van der Waals surface area contributed by atoms with Gasteiger partial charge in [0, 0.05) is 24.6 Å². The largest absolute Gasteiger partial charge is 0.320 e. The van der Waals surface area contributed by atoms with Crippen LogP contribution in [0.5, 0.6) is 0 Å². The number of fused-ring (bicyclic) bond motifs is 2. The fourth-order valence-corrected chi connectivity index (χ4v) is 7.66. The van der Waals surface area contributed by atoms with Crippen LogP contribution in [0.1, 0.15) is 120 Å². The number of imidazole rings is 2. The second-order valence-electron chi connectivity index (χ2n) is 12.2. The van der Waals surface area contributed by atoms with Gasteiger partial charge in [-0.15, -0.1) is 0 Å². The van der Waals surface area contributed by atoms with Crippen molar-refractivity contribution in [3.05, 3.63) is 60.2 Å². The number of para-hydroxylation sites is 4. The van der Waals surface area contributed by atoms with Gasteiger partial charge in [-0.2, -0.15) is 0 Å². The third-order valence-electron chi connectivity index (χ3n) is 8.90. The number of hydrogen-bond donors (Lipinski definition) is 0. The number of hydrogen-bond acceptors (Lipinski definition) is 6. The number of aromatic nitrogens is 4. The predicted octanol–water partition coefficient (Wildman–Crippen LogP) is 10.4. The molecule has 2 atom stereocenters. The fraction of sp³-hybridized carbons (Fsp3) is 0.568. The highest BCUT2D eigenvalue weighted by atomic mass is 32.2. The molecule has 0 fully saturated rings. The summed E-state index contributed by atoms with van der Waals surface area (Å²) in [5, 5.41) is 0.119. The maximum atomic E-state index is 13.3. The number of nitrogens with zero attached hydrogens (tertiary/aromatic N) is 4. The van der Waals surface area contributed by atoms with E-state index in [4.69, 9.17) is 9.97 Å². The smallest absolute Gasteiger partial charge is 0.254 e. The predicted molar refractivity (Wildman–Crippen MR) is 194 cm³/mol. The summed E-state index contributed by atoms with van der Waals surface area (Å²) in [5.41, 5.74) is 3.90. The van der Waals surface area contributed by atoms with Crippen LogP contribution in [0.15, 0.2) is 48.5 Å². The zero-order chi connectivity index (χ0) is 32.0. The van der Waals surface area contributed by atoms with E-state index in [0.717, 1.165) is 78.8 Å². The van der Waals surface area contributed by atoms with Gasteiger partial charge in [0.05, 0.1) is 22.1 Å². The topological polar surface area (TPSA) is 69.8 Å². The van der Waals surface area contributed by atoms with E-state index in [0.29, 0.717) is 23.5 Å². The monoisotopic (exact) mass is 648 g/mol. The molecule has 8 heteroatoms. The molecule has 4 rings (SSSR count). The minimum absolute atomic E-state index is 0.0596. The van der Waals surface area contributed by atoms with Crippen LogP contribution in [-0.2, 0) is 13.1 Å². The van der Waals surface area contributed by atoms with Gasteiger partial charge < -0.3 is 9.13 Å². The van der Waals surface area contributed by atoms with E-state index in [1.54, 1.807) is 0 Å². The lowest BCUT2D eigenvalue weighted by Gasteiger charge is -2.17. The minimum Gasteiger partial charge on any atom is -0.320 e. The zero-order valence-electron chi connectivity index (χ0n) is 27.8. The lowest BCUT2D eigenvalue weighted by atomic mass is 9.99. The first-order valence-corrected chi connectivity index (χ1v) is 19.2. The Morgan fingerprint density at radius 2 is 1.04 bits per heavy atom.